The van der Waals surface area contributed by atoms with Gasteiger partial charge in [-0.05, 0) is 60.2 Å². The fourth-order valence-corrected chi connectivity index (χ4v) is 2.82. The summed E-state index contributed by atoms with van der Waals surface area (Å²) in [5.41, 5.74) is 6.61. The van der Waals surface area contributed by atoms with Gasteiger partial charge in [-0.1, -0.05) is 6.92 Å². The molecular weight excluding hydrogens is 257 g/mol. The van der Waals surface area contributed by atoms with E-state index in [1.807, 2.05) is 0 Å². The van der Waals surface area contributed by atoms with Crippen LogP contribution in [0.3, 0.4) is 0 Å². The Bertz CT molecular complexity index is 601. The van der Waals surface area contributed by atoms with E-state index in [0.717, 1.165) is 31.6 Å². The number of nitrogens with two attached hydrogens (primary N) is 1. The first kappa shape index (κ1) is 13.0. The van der Waals surface area contributed by atoms with Gasteiger partial charge in [-0.2, -0.15) is 0 Å². The van der Waals surface area contributed by atoms with Crippen LogP contribution >= 0.6 is 0 Å². The standard InChI is InChI=1S/C14H18FN5/c1-9-2-5-11(6-3-9)20-14(17-18-19-20)12-8-10(16)4-7-13(12)15/h4,7-9,11H,2-3,5-6,16H2,1H3. The molecular formula is C14H18FN5. The molecule has 5 nitrogen and oxygen atoms in total. The van der Waals surface area contributed by atoms with Crippen LogP contribution in [0.15, 0.2) is 18.2 Å². The summed E-state index contributed by atoms with van der Waals surface area (Å²) in [5, 5.41) is 11.8. The van der Waals surface area contributed by atoms with E-state index in [1.165, 1.54) is 12.1 Å². The maximum atomic E-state index is 14.0. The van der Waals surface area contributed by atoms with Gasteiger partial charge in [0.1, 0.15) is 5.82 Å². The van der Waals surface area contributed by atoms with E-state index in [0.29, 0.717) is 17.1 Å². The molecule has 0 bridgehead atoms. The lowest BCUT2D eigenvalue weighted by atomic mass is 9.87. The molecule has 1 saturated carbocycles. The maximum absolute atomic E-state index is 14.0. The van der Waals surface area contributed by atoms with Gasteiger partial charge < -0.3 is 5.73 Å². The molecule has 1 heterocycles. The first-order valence-corrected chi connectivity index (χ1v) is 6.98. The summed E-state index contributed by atoms with van der Waals surface area (Å²) >= 11 is 0. The van der Waals surface area contributed by atoms with Gasteiger partial charge in [-0.15, -0.1) is 5.10 Å². The first-order chi connectivity index (χ1) is 9.65. The lowest BCUT2D eigenvalue weighted by Crippen LogP contribution is -2.19. The molecule has 3 rings (SSSR count). The van der Waals surface area contributed by atoms with E-state index in [-0.39, 0.29) is 11.9 Å². The van der Waals surface area contributed by atoms with Crippen LogP contribution in [-0.2, 0) is 0 Å². The highest BCUT2D eigenvalue weighted by Gasteiger charge is 2.24. The van der Waals surface area contributed by atoms with Crippen LogP contribution in [0, 0.1) is 11.7 Å². The highest BCUT2D eigenvalue weighted by Crippen LogP contribution is 2.34. The zero-order chi connectivity index (χ0) is 14.1. The quantitative estimate of drug-likeness (QED) is 0.856. The Hall–Kier alpha value is -1.98. The summed E-state index contributed by atoms with van der Waals surface area (Å²) in [6, 6.07) is 4.72. The van der Waals surface area contributed by atoms with Crippen LogP contribution in [0.25, 0.3) is 11.4 Å². The molecule has 106 valence electrons. The van der Waals surface area contributed by atoms with Gasteiger partial charge in [0, 0.05) is 5.69 Å². The number of aromatic nitrogens is 4. The predicted molar refractivity (Wildman–Crippen MR) is 74.3 cm³/mol. The monoisotopic (exact) mass is 275 g/mol. The highest BCUT2D eigenvalue weighted by molar-refractivity contribution is 5.61. The molecule has 1 aromatic heterocycles. The van der Waals surface area contributed by atoms with Crippen molar-refractivity contribution in [3.63, 3.8) is 0 Å². The Morgan fingerprint density at radius 1 is 1.25 bits per heavy atom. The van der Waals surface area contributed by atoms with E-state index < -0.39 is 0 Å². The van der Waals surface area contributed by atoms with Crippen molar-refractivity contribution >= 4 is 5.69 Å². The molecule has 0 amide bonds. The zero-order valence-corrected chi connectivity index (χ0v) is 11.5. The van der Waals surface area contributed by atoms with Gasteiger partial charge in [-0.3, -0.25) is 0 Å². The van der Waals surface area contributed by atoms with E-state index >= 15 is 0 Å². The number of halogens is 1. The molecule has 2 aromatic rings. The van der Waals surface area contributed by atoms with E-state index in [1.54, 1.807) is 10.7 Å². The molecule has 1 fully saturated rings. The van der Waals surface area contributed by atoms with Crippen LogP contribution in [-0.4, -0.2) is 20.2 Å². The number of anilines is 1. The zero-order valence-electron chi connectivity index (χ0n) is 11.5. The van der Waals surface area contributed by atoms with Crippen molar-refractivity contribution in [3.8, 4) is 11.4 Å². The fraction of sp³-hybridized carbons (Fsp3) is 0.500. The largest absolute Gasteiger partial charge is 0.399 e. The predicted octanol–water partition coefficient (Wildman–Crippen LogP) is 2.81. The van der Waals surface area contributed by atoms with Gasteiger partial charge in [0.2, 0.25) is 0 Å². The summed E-state index contributed by atoms with van der Waals surface area (Å²) in [6.07, 6.45) is 4.37. The Kier molecular flexibility index (Phi) is 3.38. The third kappa shape index (κ3) is 2.37. The van der Waals surface area contributed by atoms with Crippen LogP contribution in [0.1, 0.15) is 38.6 Å². The van der Waals surface area contributed by atoms with E-state index in [9.17, 15) is 4.39 Å². The minimum Gasteiger partial charge on any atom is -0.399 e. The second-order valence-corrected chi connectivity index (χ2v) is 5.60. The summed E-state index contributed by atoms with van der Waals surface area (Å²) in [5.74, 6) is 0.865. The molecule has 0 aliphatic heterocycles. The molecule has 0 spiro atoms. The average Bonchev–Trinajstić information content (AvgIpc) is 2.91. The highest BCUT2D eigenvalue weighted by atomic mass is 19.1. The Balaban J connectivity index is 1.96. The molecule has 1 aromatic carbocycles. The number of nitrogen functional groups attached to an aromatic ring is 1. The number of benzene rings is 1. The van der Waals surface area contributed by atoms with Crippen molar-refractivity contribution in [1.82, 2.24) is 20.2 Å². The van der Waals surface area contributed by atoms with Crippen molar-refractivity contribution < 1.29 is 4.39 Å². The van der Waals surface area contributed by atoms with Crippen molar-refractivity contribution in [2.45, 2.75) is 38.6 Å². The number of hydrogen-bond donors (Lipinski definition) is 1. The van der Waals surface area contributed by atoms with Crippen molar-refractivity contribution in [2.75, 3.05) is 5.73 Å². The summed E-state index contributed by atoms with van der Waals surface area (Å²) in [6.45, 7) is 2.26. The second-order valence-electron chi connectivity index (χ2n) is 5.60. The van der Waals surface area contributed by atoms with Gasteiger partial charge in [0.15, 0.2) is 5.82 Å². The van der Waals surface area contributed by atoms with Crippen LogP contribution in [0.4, 0.5) is 10.1 Å². The van der Waals surface area contributed by atoms with Crippen molar-refractivity contribution in [2.24, 2.45) is 5.92 Å². The molecule has 2 N–H and O–H groups in total. The lowest BCUT2D eigenvalue weighted by Gasteiger charge is -2.26. The van der Waals surface area contributed by atoms with Gasteiger partial charge in [-0.25, -0.2) is 9.07 Å². The minimum atomic E-state index is -0.348. The fourth-order valence-electron chi connectivity index (χ4n) is 2.82. The normalized spacial score (nSPS) is 22.9. The first-order valence-electron chi connectivity index (χ1n) is 6.98. The van der Waals surface area contributed by atoms with Gasteiger partial charge in [0.25, 0.3) is 0 Å². The number of rotatable bonds is 2. The van der Waals surface area contributed by atoms with Gasteiger partial charge in [0.05, 0.1) is 11.6 Å². The average molecular weight is 275 g/mol. The van der Waals surface area contributed by atoms with Crippen LogP contribution < -0.4 is 5.73 Å². The Morgan fingerprint density at radius 2 is 2.00 bits per heavy atom. The van der Waals surface area contributed by atoms with E-state index in [4.69, 9.17) is 5.73 Å². The van der Waals surface area contributed by atoms with Crippen molar-refractivity contribution in [1.29, 1.82) is 0 Å². The Morgan fingerprint density at radius 3 is 2.75 bits per heavy atom. The molecule has 20 heavy (non-hydrogen) atoms. The minimum absolute atomic E-state index is 0.247. The number of hydrogen-bond acceptors (Lipinski definition) is 4. The smallest absolute Gasteiger partial charge is 0.185 e. The second kappa shape index (κ2) is 5.19. The number of nitrogens with zero attached hydrogens (tertiary/aromatic N) is 4. The van der Waals surface area contributed by atoms with Crippen LogP contribution in [0.5, 0.6) is 0 Å². The van der Waals surface area contributed by atoms with Gasteiger partial charge >= 0.3 is 0 Å². The summed E-state index contributed by atoms with van der Waals surface area (Å²) in [7, 11) is 0. The third-order valence-corrected chi connectivity index (χ3v) is 4.06. The summed E-state index contributed by atoms with van der Waals surface area (Å²) < 4.78 is 15.7. The molecule has 0 atom stereocenters. The maximum Gasteiger partial charge on any atom is 0.185 e. The molecule has 6 heteroatoms. The summed E-state index contributed by atoms with van der Waals surface area (Å²) in [4.78, 5) is 0. The topological polar surface area (TPSA) is 69.6 Å². The number of tetrazole rings is 1. The Labute approximate surface area is 117 Å². The SMILES string of the molecule is CC1CCC(n2nnnc2-c2cc(N)ccc2F)CC1. The van der Waals surface area contributed by atoms with Crippen LogP contribution in [0.2, 0.25) is 0 Å². The molecule has 1 aliphatic rings. The molecule has 0 radical (unpaired) electrons. The molecule has 1 aliphatic carbocycles. The molecule has 0 unspecified atom stereocenters. The molecule has 0 saturated heterocycles. The van der Waals surface area contributed by atoms with Crippen molar-refractivity contribution in [3.05, 3.63) is 24.0 Å². The lowest BCUT2D eigenvalue weighted by molar-refractivity contribution is 0.272. The third-order valence-electron chi connectivity index (χ3n) is 4.06. The van der Waals surface area contributed by atoms with E-state index in [2.05, 4.69) is 22.4 Å².